The fourth-order valence-corrected chi connectivity index (χ4v) is 6.16. The van der Waals surface area contributed by atoms with E-state index in [0.29, 0.717) is 15.7 Å². The number of amides is 1. The van der Waals surface area contributed by atoms with Gasteiger partial charge in [-0.05, 0) is 50.2 Å². The normalized spacial score (nSPS) is 12.1. The minimum absolute atomic E-state index is 0.0284. The van der Waals surface area contributed by atoms with Crippen LogP contribution in [0.15, 0.2) is 75.7 Å². The molecule has 0 radical (unpaired) electrons. The van der Waals surface area contributed by atoms with Crippen LogP contribution in [0.1, 0.15) is 23.0 Å². The lowest BCUT2D eigenvalue weighted by molar-refractivity contribution is -0.123. The maximum atomic E-state index is 13.1. The van der Waals surface area contributed by atoms with E-state index in [1.54, 1.807) is 49.0 Å². The molecule has 198 valence electrons. The number of sulfonamides is 1. The van der Waals surface area contributed by atoms with Gasteiger partial charge in [0.05, 0.1) is 27.0 Å². The number of halogens is 1. The Morgan fingerprint density at radius 2 is 1.68 bits per heavy atom. The standard InChI is InChI=1S/C25H23ClN4O6S2/c1-15-22(24(32)30(29(15)3)17-9-5-4-6-10-17)27-23(31)16(2)36-25(33)18-11-7-8-12-19(18)28-38(34,35)21-14-13-20(26)37-21/h4-14,16,28H,1-3H3,(H,27,31). The van der Waals surface area contributed by atoms with Crippen molar-refractivity contribution < 1.29 is 22.7 Å². The number of benzene rings is 2. The molecule has 0 saturated carbocycles. The zero-order valence-corrected chi connectivity index (χ0v) is 22.9. The average molecular weight is 575 g/mol. The summed E-state index contributed by atoms with van der Waals surface area (Å²) in [7, 11) is -2.33. The Morgan fingerprint density at radius 3 is 2.34 bits per heavy atom. The second-order valence-corrected chi connectivity index (χ2v) is 11.8. The minimum Gasteiger partial charge on any atom is -0.449 e. The number of thiophene rings is 1. The largest absolute Gasteiger partial charge is 0.449 e. The van der Waals surface area contributed by atoms with Crippen LogP contribution >= 0.6 is 22.9 Å². The number of ether oxygens (including phenoxy) is 1. The number of rotatable bonds is 8. The van der Waals surface area contributed by atoms with Crippen LogP contribution in [0.2, 0.25) is 4.34 Å². The van der Waals surface area contributed by atoms with Crippen LogP contribution < -0.4 is 15.6 Å². The van der Waals surface area contributed by atoms with Crippen LogP contribution in [-0.2, 0) is 26.6 Å². The summed E-state index contributed by atoms with van der Waals surface area (Å²) in [6.45, 7) is 3.03. The zero-order chi connectivity index (χ0) is 27.6. The summed E-state index contributed by atoms with van der Waals surface area (Å²) < 4.78 is 36.4. The monoisotopic (exact) mass is 574 g/mol. The third kappa shape index (κ3) is 5.52. The summed E-state index contributed by atoms with van der Waals surface area (Å²) >= 11 is 6.71. The second-order valence-electron chi connectivity index (χ2n) is 8.18. The van der Waals surface area contributed by atoms with Gasteiger partial charge in [-0.1, -0.05) is 41.9 Å². The number of para-hydroxylation sites is 2. The summed E-state index contributed by atoms with van der Waals surface area (Å²) in [5.41, 5.74) is 0.592. The van der Waals surface area contributed by atoms with Gasteiger partial charge in [-0.15, -0.1) is 11.3 Å². The van der Waals surface area contributed by atoms with Gasteiger partial charge in [0.1, 0.15) is 9.90 Å². The topological polar surface area (TPSA) is 128 Å². The molecule has 1 amide bonds. The molecule has 0 aliphatic carbocycles. The quantitative estimate of drug-likeness (QED) is 0.304. The molecule has 0 spiro atoms. The van der Waals surface area contributed by atoms with Gasteiger partial charge in [-0.25, -0.2) is 17.9 Å². The van der Waals surface area contributed by atoms with E-state index in [1.807, 2.05) is 6.07 Å². The second kappa shape index (κ2) is 10.9. The number of nitrogens with one attached hydrogen (secondary N) is 2. The van der Waals surface area contributed by atoms with Crippen LogP contribution in [0.3, 0.4) is 0 Å². The first-order valence-electron chi connectivity index (χ1n) is 11.2. The van der Waals surface area contributed by atoms with E-state index in [4.69, 9.17) is 16.3 Å². The number of anilines is 2. The number of carbonyl (C=O) groups is 2. The first-order chi connectivity index (χ1) is 18.0. The van der Waals surface area contributed by atoms with Gasteiger partial charge in [0, 0.05) is 7.05 Å². The predicted molar refractivity (Wildman–Crippen MR) is 146 cm³/mol. The molecule has 10 nitrogen and oxygen atoms in total. The van der Waals surface area contributed by atoms with Crippen LogP contribution in [0.4, 0.5) is 11.4 Å². The summed E-state index contributed by atoms with van der Waals surface area (Å²) in [5.74, 6) is -1.66. The smallest absolute Gasteiger partial charge is 0.341 e. The predicted octanol–water partition coefficient (Wildman–Crippen LogP) is 4.18. The number of carbonyl (C=O) groups excluding carboxylic acids is 2. The summed E-state index contributed by atoms with van der Waals surface area (Å²) in [6, 6.07) is 17.6. The molecule has 2 heterocycles. The molecule has 2 aromatic carbocycles. The van der Waals surface area contributed by atoms with E-state index < -0.39 is 33.6 Å². The van der Waals surface area contributed by atoms with Crippen molar-refractivity contribution in [2.24, 2.45) is 7.05 Å². The van der Waals surface area contributed by atoms with Crippen LogP contribution in [-0.4, -0.2) is 35.8 Å². The number of nitrogens with zero attached hydrogens (tertiary/aromatic N) is 2. The molecule has 1 unspecified atom stereocenters. The SMILES string of the molecule is Cc1c(NC(=O)C(C)OC(=O)c2ccccc2NS(=O)(=O)c2ccc(Cl)s2)c(=O)n(-c2ccccc2)n1C. The molecule has 4 aromatic rings. The van der Waals surface area contributed by atoms with Crippen LogP contribution in [0, 0.1) is 6.92 Å². The number of aromatic nitrogens is 2. The molecule has 0 bridgehead atoms. The highest BCUT2D eigenvalue weighted by Gasteiger charge is 2.26. The highest BCUT2D eigenvalue weighted by molar-refractivity contribution is 7.94. The lowest BCUT2D eigenvalue weighted by Crippen LogP contribution is -2.32. The molecule has 0 aliphatic rings. The molecule has 2 aromatic heterocycles. The van der Waals surface area contributed by atoms with Crippen molar-refractivity contribution in [2.75, 3.05) is 10.0 Å². The van der Waals surface area contributed by atoms with Gasteiger partial charge in [-0.2, -0.15) is 0 Å². The van der Waals surface area contributed by atoms with Crippen molar-refractivity contribution in [3.05, 3.63) is 92.7 Å². The molecule has 1 atom stereocenters. The minimum atomic E-state index is -4.01. The highest BCUT2D eigenvalue weighted by Crippen LogP contribution is 2.28. The lowest BCUT2D eigenvalue weighted by Gasteiger charge is -2.15. The maximum Gasteiger partial charge on any atom is 0.341 e. The first kappa shape index (κ1) is 27.2. The van der Waals surface area contributed by atoms with E-state index >= 15 is 0 Å². The molecular weight excluding hydrogens is 552 g/mol. The summed E-state index contributed by atoms with van der Waals surface area (Å²) in [4.78, 5) is 38.8. The van der Waals surface area contributed by atoms with Crippen molar-refractivity contribution >= 4 is 56.2 Å². The Hall–Kier alpha value is -3.87. The van der Waals surface area contributed by atoms with Gasteiger partial charge in [0.2, 0.25) is 0 Å². The van der Waals surface area contributed by atoms with E-state index in [1.165, 1.54) is 41.9 Å². The molecule has 38 heavy (non-hydrogen) atoms. The summed E-state index contributed by atoms with van der Waals surface area (Å²) in [6.07, 6.45) is -1.30. The van der Waals surface area contributed by atoms with Gasteiger partial charge in [-0.3, -0.25) is 19.0 Å². The Balaban J connectivity index is 1.51. The Morgan fingerprint density at radius 1 is 1.03 bits per heavy atom. The average Bonchev–Trinajstić information content (AvgIpc) is 3.42. The maximum absolute atomic E-state index is 13.1. The van der Waals surface area contributed by atoms with Crippen molar-refractivity contribution in [2.45, 2.75) is 24.2 Å². The van der Waals surface area contributed by atoms with E-state index in [9.17, 15) is 22.8 Å². The molecule has 0 saturated heterocycles. The summed E-state index contributed by atoms with van der Waals surface area (Å²) in [5, 5.41) is 2.55. The molecule has 0 aliphatic heterocycles. The third-order valence-corrected chi connectivity index (χ3v) is 8.75. The van der Waals surface area contributed by atoms with Crippen molar-refractivity contribution in [3.63, 3.8) is 0 Å². The fraction of sp³-hybridized carbons (Fsp3) is 0.160. The van der Waals surface area contributed by atoms with Gasteiger partial charge < -0.3 is 10.1 Å². The van der Waals surface area contributed by atoms with Crippen LogP contribution in [0.25, 0.3) is 5.69 Å². The Bertz CT molecular complexity index is 1680. The Labute approximate surface area is 227 Å². The number of hydrogen-bond donors (Lipinski definition) is 2. The highest BCUT2D eigenvalue weighted by atomic mass is 35.5. The number of hydrogen-bond acceptors (Lipinski definition) is 7. The van der Waals surface area contributed by atoms with Gasteiger partial charge in [0.25, 0.3) is 21.5 Å². The molecule has 13 heteroatoms. The van der Waals surface area contributed by atoms with Crippen molar-refractivity contribution in [1.82, 2.24) is 9.36 Å². The number of esters is 1. The van der Waals surface area contributed by atoms with Crippen molar-refractivity contribution in [3.8, 4) is 5.69 Å². The van der Waals surface area contributed by atoms with E-state index in [2.05, 4.69) is 10.0 Å². The first-order valence-corrected chi connectivity index (χ1v) is 13.9. The fourth-order valence-electron chi connectivity index (χ4n) is 3.60. The van der Waals surface area contributed by atoms with Gasteiger partial charge in [0.15, 0.2) is 6.10 Å². The molecular formula is C25H23ClN4O6S2. The lowest BCUT2D eigenvalue weighted by atomic mass is 10.2. The Kier molecular flexibility index (Phi) is 7.76. The molecule has 4 rings (SSSR count). The zero-order valence-electron chi connectivity index (χ0n) is 20.5. The van der Waals surface area contributed by atoms with Crippen molar-refractivity contribution in [1.29, 1.82) is 0 Å². The van der Waals surface area contributed by atoms with Crippen LogP contribution in [0.5, 0.6) is 0 Å². The third-order valence-electron chi connectivity index (χ3n) is 5.66. The van der Waals surface area contributed by atoms with E-state index in [-0.39, 0.29) is 21.1 Å². The van der Waals surface area contributed by atoms with Gasteiger partial charge >= 0.3 is 5.97 Å². The molecule has 0 fully saturated rings. The molecule has 2 N–H and O–H groups in total. The van der Waals surface area contributed by atoms with E-state index in [0.717, 1.165) is 11.3 Å².